The van der Waals surface area contributed by atoms with Gasteiger partial charge in [-0.15, -0.1) is 20.5 Å². The molecule has 0 aliphatic heterocycles. The zero-order valence-electron chi connectivity index (χ0n) is 31.2. The molecule has 4 aromatic rings. The van der Waals surface area contributed by atoms with Crippen LogP contribution < -0.4 is 10.2 Å². The van der Waals surface area contributed by atoms with Crippen LogP contribution >= 0.6 is 11.6 Å². The van der Waals surface area contributed by atoms with Crippen LogP contribution in [0.25, 0.3) is 0 Å². The van der Waals surface area contributed by atoms with E-state index in [1.807, 2.05) is 0 Å². The van der Waals surface area contributed by atoms with Crippen LogP contribution in [-0.2, 0) is 44.7 Å². The molecule has 1 aliphatic carbocycles. The number of nitrogens with one attached hydrogen (secondary N) is 1. The molecule has 29 heteroatoms. The molecule has 0 unspecified atom stereocenters. The Labute approximate surface area is 357 Å². The zero-order valence-corrected chi connectivity index (χ0v) is 35.3. The fourth-order valence-electron chi connectivity index (χ4n) is 5.17. The van der Waals surface area contributed by atoms with E-state index in [4.69, 9.17) is 16.2 Å². The van der Waals surface area contributed by atoms with Crippen molar-refractivity contribution in [2.24, 2.45) is 20.5 Å². The normalized spacial score (nSPS) is 14.4. The fourth-order valence-corrected chi connectivity index (χ4v) is 7.87. The monoisotopic (exact) mass is 955 g/mol. The lowest BCUT2D eigenvalue weighted by molar-refractivity contribution is 0.0697. The largest absolute Gasteiger partial charge is 0.504 e. The number of phenolic OH excluding ortho intramolecular Hbond substituents is 1. The smallest absolute Gasteiger partial charge is 0.397 e. The number of phenols is 1. The van der Waals surface area contributed by atoms with E-state index in [-0.39, 0.29) is 35.3 Å². The summed E-state index contributed by atoms with van der Waals surface area (Å²) in [5.41, 5.74) is -1.64. The van der Waals surface area contributed by atoms with E-state index in [9.17, 15) is 57.8 Å². The maximum atomic E-state index is 12.9. The number of benzene rings is 3. The third-order valence-electron chi connectivity index (χ3n) is 8.01. The number of aromatic hydroxyl groups is 1. The number of halogens is 1. The topological polar surface area (TPSA) is 367 Å². The molecule has 6 N–H and O–H groups in total. The molecular formula is C33H30ClN9O15S4. The molecule has 3 aromatic carbocycles. The maximum Gasteiger partial charge on any atom is 0.397 e. The summed E-state index contributed by atoms with van der Waals surface area (Å²) in [5.74, 6) is -4.12. The second-order valence-corrected chi connectivity index (χ2v) is 18.6. The first kappa shape index (κ1) is 46.9. The van der Waals surface area contributed by atoms with Crippen LogP contribution in [0.1, 0.15) is 23.7 Å². The highest BCUT2D eigenvalue weighted by atomic mass is 35.5. The summed E-state index contributed by atoms with van der Waals surface area (Å²) in [4.78, 5) is 23.7. The summed E-state index contributed by atoms with van der Waals surface area (Å²) in [6.45, 7) is 0.836. The number of nitrogens with zero attached hydrogens (tertiary/aromatic N) is 8. The lowest BCUT2D eigenvalue weighted by Gasteiger charge is -2.22. The Morgan fingerprint density at radius 3 is 2.15 bits per heavy atom. The third kappa shape index (κ3) is 12.3. The van der Waals surface area contributed by atoms with Gasteiger partial charge in [0.05, 0.1) is 38.3 Å². The summed E-state index contributed by atoms with van der Waals surface area (Å²) in [6, 6.07) is 9.23. The van der Waals surface area contributed by atoms with Crippen molar-refractivity contribution >= 4 is 92.7 Å². The molecule has 24 nitrogen and oxygen atoms in total. The third-order valence-corrected chi connectivity index (χ3v) is 12.0. The molecule has 0 bridgehead atoms. The van der Waals surface area contributed by atoms with Gasteiger partial charge in [0, 0.05) is 17.8 Å². The van der Waals surface area contributed by atoms with E-state index in [1.165, 1.54) is 35.2 Å². The SMILES string of the molecule is CCN(c1cccc(S(=O)(=O)CCOS(=O)(=O)O)c1)c1nc(Cl)nc(Nc2cc(S(=O)(=O)O)cc(N=N/C(N=Nc3cc(S(=O)(=O)O)ccc3C(=O)O)=C3\C=CC=CC3)c2O)n1. The maximum absolute atomic E-state index is 12.9. The van der Waals surface area contributed by atoms with Gasteiger partial charge in [-0.1, -0.05) is 30.4 Å². The number of anilines is 4. The Morgan fingerprint density at radius 2 is 1.53 bits per heavy atom. The van der Waals surface area contributed by atoms with E-state index >= 15 is 0 Å². The van der Waals surface area contributed by atoms with Crippen LogP contribution in [0.5, 0.6) is 5.75 Å². The molecule has 62 heavy (non-hydrogen) atoms. The minimum atomic E-state index is -5.03. The van der Waals surface area contributed by atoms with E-state index in [1.54, 1.807) is 25.2 Å². The van der Waals surface area contributed by atoms with Gasteiger partial charge in [-0.2, -0.15) is 40.2 Å². The van der Waals surface area contributed by atoms with Crippen LogP contribution in [0.3, 0.4) is 0 Å². The second-order valence-electron chi connectivity index (χ2n) is 12.2. The second kappa shape index (κ2) is 18.9. The van der Waals surface area contributed by atoms with Crippen LogP contribution in [0, 0.1) is 0 Å². The number of rotatable bonds is 17. The van der Waals surface area contributed by atoms with Crippen LogP contribution in [0.2, 0.25) is 5.28 Å². The Bertz CT molecular complexity index is 3050. The summed E-state index contributed by atoms with van der Waals surface area (Å²) in [7, 11) is -18.9. The van der Waals surface area contributed by atoms with Gasteiger partial charge in [-0.05, 0) is 73.5 Å². The molecule has 0 amide bonds. The molecule has 0 atom stereocenters. The van der Waals surface area contributed by atoms with E-state index in [2.05, 4.69) is 44.9 Å². The van der Waals surface area contributed by atoms with Crippen molar-refractivity contribution < 1.29 is 66.5 Å². The number of aromatic nitrogens is 3. The highest BCUT2D eigenvalue weighted by Crippen LogP contribution is 2.40. The predicted molar refractivity (Wildman–Crippen MR) is 217 cm³/mol. The lowest BCUT2D eigenvalue weighted by Crippen LogP contribution is -2.21. The van der Waals surface area contributed by atoms with E-state index < -0.39 is 108 Å². The fraction of sp³-hybridized carbons (Fsp3) is 0.152. The molecule has 1 aromatic heterocycles. The molecule has 1 aliphatic rings. The number of carboxylic acids is 1. The van der Waals surface area contributed by atoms with Gasteiger partial charge in [0.1, 0.15) is 11.4 Å². The molecule has 0 saturated heterocycles. The Morgan fingerprint density at radius 1 is 0.855 bits per heavy atom. The minimum Gasteiger partial charge on any atom is -0.504 e. The molecule has 1 heterocycles. The summed E-state index contributed by atoms with van der Waals surface area (Å²) >= 11 is 6.22. The highest BCUT2D eigenvalue weighted by Gasteiger charge is 2.23. The molecule has 0 fully saturated rings. The van der Waals surface area contributed by atoms with Crippen molar-refractivity contribution in [3.05, 3.63) is 101 Å². The van der Waals surface area contributed by atoms with Gasteiger partial charge < -0.3 is 20.4 Å². The molecule has 0 spiro atoms. The number of carbonyl (C=O) groups is 1. The van der Waals surface area contributed by atoms with Crippen molar-refractivity contribution in [2.75, 3.05) is 29.1 Å². The highest BCUT2D eigenvalue weighted by molar-refractivity contribution is 7.91. The number of allylic oxidation sites excluding steroid dienone is 5. The summed E-state index contributed by atoms with van der Waals surface area (Å²) in [6.07, 6.45) is 6.58. The van der Waals surface area contributed by atoms with E-state index in [0.717, 1.165) is 30.3 Å². The van der Waals surface area contributed by atoms with Gasteiger partial charge >= 0.3 is 16.4 Å². The number of sulfone groups is 1. The van der Waals surface area contributed by atoms with E-state index in [0.29, 0.717) is 5.57 Å². The first-order valence-corrected chi connectivity index (χ1v) is 23.2. The number of carboxylic acid groups (broad SMARTS) is 1. The first-order chi connectivity index (χ1) is 28.9. The van der Waals surface area contributed by atoms with Gasteiger partial charge in [0.2, 0.25) is 17.2 Å². The van der Waals surface area contributed by atoms with Crippen LogP contribution in [0.4, 0.5) is 34.6 Å². The Kier molecular flexibility index (Phi) is 14.3. The van der Waals surface area contributed by atoms with Crippen molar-refractivity contribution in [2.45, 2.75) is 28.0 Å². The summed E-state index contributed by atoms with van der Waals surface area (Å²) < 4.78 is 128. The average molecular weight is 956 g/mol. The number of hydrogen-bond donors (Lipinski definition) is 6. The Balaban J connectivity index is 1.53. The van der Waals surface area contributed by atoms with Gasteiger partial charge in [0.15, 0.2) is 21.4 Å². The lowest BCUT2D eigenvalue weighted by atomic mass is 10.1. The molecule has 0 radical (unpaired) electrons. The van der Waals surface area contributed by atoms with Crippen LogP contribution in [-0.4, -0.2) is 97.4 Å². The Hall–Kier alpha value is -6.11. The molecule has 0 saturated carbocycles. The number of hydrogen-bond acceptors (Lipinski definition) is 20. The summed E-state index contributed by atoms with van der Waals surface area (Å²) in [5, 5.41) is 38.7. The molecule has 328 valence electrons. The number of aromatic carboxylic acids is 1. The minimum absolute atomic E-state index is 0.0763. The predicted octanol–water partition coefficient (Wildman–Crippen LogP) is 5.51. The quantitative estimate of drug-likeness (QED) is 0.0431. The molecular weight excluding hydrogens is 926 g/mol. The van der Waals surface area contributed by atoms with Crippen molar-refractivity contribution in [3.8, 4) is 5.75 Å². The first-order valence-electron chi connectivity index (χ1n) is 16.9. The zero-order chi connectivity index (χ0) is 45.6. The standard InChI is InChI=1S/C33H30ClN9O15S4/c1-2-43(20-9-6-10-21(15-20)59(47,48)14-13-58-62(55,56)57)33-37-31(34)36-32(38-33)35-26-17-23(61(52,53)54)18-27(28(26)44)40-42-29(19-7-4-3-5-8-19)41-39-25-16-22(60(49,50)51)11-12-24(25)30(45)46/h3-7,9-12,15-18,44H,2,8,13-14H2,1H3,(H,45,46)(H,49,50,51)(H,52,53,54)(H,55,56,57)(H,35,36,37,38)/b29-19+,41-39?,42-40?. The molecule has 5 rings (SSSR count). The van der Waals surface area contributed by atoms with Gasteiger partial charge in [0.25, 0.3) is 20.2 Å². The number of azo groups is 2. The van der Waals surface area contributed by atoms with Crippen molar-refractivity contribution in [3.63, 3.8) is 0 Å². The van der Waals surface area contributed by atoms with Gasteiger partial charge in [-0.3, -0.25) is 13.7 Å². The average Bonchev–Trinajstić information content (AvgIpc) is 3.18. The van der Waals surface area contributed by atoms with Crippen LogP contribution in [0.15, 0.2) is 125 Å². The van der Waals surface area contributed by atoms with Crippen molar-refractivity contribution in [1.82, 2.24) is 15.0 Å². The van der Waals surface area contributed by atoms with Gasteiger partial charge in [-0.25, -0.2) is 17.4 Å². The van der Waals surface area contributed by atoms with Crippen molar-refractivity contribution in [1.29, 1.82) is 0 Å².